The van der Waals surface area contributed by atoms with E-state index in [1.54, 1.807) is 0 Å². The minimum absolute atomic E-state index is 0.163. The van der Waals surface area contributed by atoms with Crippen molar-refractivity contribution >= 4 is 34.5 Å². The Morgan fingerprint density at radius 1 is 1.40 bits per heavy atom. The van der Waals surface area contributed by atoms with E-state index in [0.717, 1.165) is 0 Å². The molecule has 1 aliphatic rings. The molecular weight excluding hydrogens is 286 g/mol. The van der Waals surface area contributed by atoms with Gasteiger partial charge in [0, 0.05) is 18.5 Å². The number of halogens is 1. The van der Waals surface area contributed by atoms with E-state index in [1.165, 1.54) is 23.7 Å². The Balaban J connectivity index is 2.05. The molecule has 3 rings (SSSR count). The van der Waals surface area contributed by atoms with Crippen LogP contribution in [0.3, 0.4) is 0 Å². The number of aliphatic carboxylic acids is 1. The summed E-state index contributed by atoms with van der Waals surface area (Å²) in [5, 5.41) is 9.02. The number of carbonyl (C=O) groups excluding carboxylic acids is 1. The number of Topliss-reactive ketones (excluding diaryl/α,β-unsaturated/α-hetero) is 1. The molecule has 104 valence electrons. The lowest BCUT2D eigenvalue weighted by Crippen LogP contribution is -2.10. The molecule has 1 aromatic carbocycles. The number of aromatic nitrogens is 1. The highest BCUT2D eigenvalue weighted by Crippen LogP contribution is 2.41. The third-order valence-electron chi connectivity index (χ3n) is 3.58. The van der Waals surface area contributed by atoms with Crippen LogP contribution in [0.4, 0.5) is 0 Å². The van der Waals surface area contributed by atoms with Gasteiger partial charge >= 0.3 is 11.7 Å². The molecule has 20 heavy (non-hydrogen) atoms. The fourth-order valence-electron chi connectivity index (χ4n) is 2.30. The van der Waals surface area contributed by atoms with Crippen LogP contribution >= 0.6 is 11.6 Å². The van der Waals surface area contributed by atoms with Crippen molar-refractivity contribution < 1.29 is 19.1 Å². The molecule has 2 aromatic rings. The molecule has 2 atom stereocenters. The van der Waals surface area contributed by atoms with Crippen molar-refractivity contribution in [3.05, 3.63) is 33.3 Å². The van der Waals surface area contributed by atoms with Crippen molar-refractivity contribution in [2.45, 2.75) is 6.42 Å². The predicted molar refractivity (Wildman–Crippen MR) is 70.0 cm³/mol. The molecule has 1 aliphatic carbocycles. The predicted octanol–water partition coefficient (Wildman–Crippen LogP) is 1.69. The fourth-order valence-corrected chi connectivity index (χ4v) is 2.55. The number of nitrogens with zero attached hydrogens (tertiary/aromatic N) is 1. The number of ketones is 1. The summed E-state index contributed by atoms with van der Waals surface area (Å²) in [6.07, 6.45) is 0.341. The summed E-state index contributed by atoms with van der Waals surface area (Å²) < 4.78 is 6.22. The van der Waals surface area contributed by atoms with Crippen molar-refractivity contribution in [2.75, 3.05) is 0 Å². The monoisotopic (exact) mass is 295 g/mol. The van der Waals surface area contributed by atoms with Gasteiger partial charge in [0.2, 0.25) is 0 Å². The smallest absolute Gasteiger partial charge is 0.419 e. The van der Waals surface area contributed by atoms with Gasteiger partial charge in [-0.3, -0.25) is 14.2 Å². The third kappa shape index (κ3) is 1.84. The molecule has 0 spiro atoms. The van der Waals surface area contributed by atoms with Gasteiger partial charge in [0.25, 0.3) is 0 Å². The van der Waals surface area contributed by atoms with Crippen molar-refractivity contribution in [1.29, 1.82) is 0 Å². The van der Waals surface area contributed by atoms with Crippen LogP contribution in [0, 0.1) is 11.8 Å². The fraction of sp³-hybridized carbons (Fsp3) is 0.308. The van der Waals surface area contributed by atoms with Crippen molar-refractivity contribution in [3.63, 3.8) is 0 Å². The van der Waals surface area contributed by atoms with Crippen LogP contribution in [0.15, 0.2) is 21.3 Å². The Bertz CT molecular complexity index is 803. The Morgan fingerprint density at radius 3 is 2.70 bits per heavy atom. The number of carbonyl (C=O) groups is 2. The van der Waals surface area contributed by atoms with Gasteiger partial charge in [-0.25, -0.2) is 4.79 Å². The highest BCUT2D eigenvalue weighted by atomic mass is 35.5. The van der Waals surface area contributed by atoms with Gasteiger partial charge in [-0.1, -0.05) is 11.6 Å². The van der Waals surface area contributed by atoms with Crippen LogP contribution in [0.1, 0.15) is 16.8 Å². The lowest BCUT2D eigenvalue weighted by molar-refractivity contribution is -0.138. The van der Waals surface area contributed by atoms with Crippen LogP contribution in [0.25, 0.3) is 11.1 Å². The second kappa shape index (κ2) is 4.21. The first-order valence-electron chi connectivity index (χ1n) is 5.96. The summed E-state index contributed by atoms with van der Waals surface area (Å²) in [5.74, 6) is -2.93. The van der Waals surface area contributed by atoms with Crippen LogP contribution in [0.5, 0.6) is 0 Å². The number of hydrogen-bond acceptors (Lipinski definition) is 4. The van der Waals surface area contributed by atoms with Gasteiger partial charge in [-0.05, 0) is 18.6 Å². The van der Waals surface area contributed by atoms with Gasteiger partial charge in [-0.15, -0.1) is 0 Å². The molecule has 1 fully saturated rings. The maximum Gasteiger partial charge on any atom is 0.419 e. The van der Waals surface area contributed by atoms with E-state index < -0.39 is 23.6 Å². The lowest BCUT2D eigenvalue weighted by atomic mass is 10.1. The number of aryl methyl sites for hydroxylation is 1. The summed E-state index contributed by atoms with van der Waals surface area (Å²) in [7, 11) is 1.51. The molecule has 0 bridgehead atoms. The highest BCUT2D eigenvalue weighted by molar-refractivity contribution is 6.35. The summed E-state index contributed by atoms with van der Waals surface area (Å²) in [4.78, 5) is 34.4. The first kappa shape index (κ1) is 12.9. The summed E-state index contributed by atoms with van der Waals surface area (Å²) in [6.45, 7) is 0. The minimum Gasteiger partial charge on any atom is -0.481 e. The van der Waals surface area contributed by atoms with Crippen LogP contribution in [-0.2, 0) is 11.8 Å². The first-order valence-corrected chi connectivity index (χ1v) is 6.34. The van der Waals surface area contributed by atoms with Gasteiger partial charge < -0.3 is 9.52 Å². The van der Waals surface area contributed by atoms with Crippen molar-refractivity contribution in [3.8, 4) is 0 Å². The molecule has 0 radical (unpaired) electrons. The Kier molecular flexibility index (Phi) is 2.72. The molecular formula is C13H10ClNO5. The second-order valence-electron chi connectivity index (χ2n) is 4.88. The SMILES string of the molecule is Cn1c(=O)oc2c(Cl)cc(C(=O)[C@H]3CC3C(=O)O)cc21. The third-order valence-corrected chi connectivity index (χ3v) is 3.86. The van der Waals surface area contributed by atoms with E-state index in [4.69, 9.17) is 21.1 Å². The largest absolute Gasteiger partial charge is 0.481 e. The molecule has 1 unspecified atom stereocenters. The van der Waals surface area contributed by atoms with Crippen molar-refractivity contribution in [2.24, 2.45) is 18.9 Å². The quantitative estimate of drug-likeness (QED) is 0.870. The van der Waals surface area contributed by atoms with Crippen LogP contribution < -0.4 is 5.76 Å². The van der Waals surface area contributed by atoms with Gasteiger partial charge in [-0.2, -0.15) is 0 Å². The number of fused-ring (bicyclic) bond motifs is 1. The van der Waals surface area contributed by atoms with Crippen LogP contribution in [-0.4, -0.2) is 21.4 Å². The normalized spacial score (nSPS) is 21.1. The Morgan fingerprint density at radius 2 is 2.10 bits per heavy atom. The molecule has 1 N–H and O–H groups in total. The maximum atomic E-state index is 12.2. The van der Waals surface area contributed by atoms with E-state index in [9.17, 15) is 14.4 Å². The highest BCUT2D eigenvalue weighted by Gasteiger charge is 2.48. The first-order chi connectivity index (χ1) is 9.40. The topological polar surface area (TPSA) is 89.5 Å². The van der Waals surface area contributed by atoms with Gasteiger partial charge in [0.1, 0.15) is 0 Å². The zero-order valence-corrected chi connectivity index (χ0v) is 11.2. The summed E-state index contributed by atoms with van der Waals surface area (Å²) in [5.41, 5.74) is 0.937. The molecule has 0 amide bonds. The molecule has 0 saturated heterocycles. The maximum absolute atomic E-state index is 12.2. The lowest BCUT2D eigenvalue weighted by Gasteiger charge is -2.02. The Hall–Kier alpha value is -2.08. The number of hydrogen-bond donors (Lipinski definition) is 1. The number of oxazole rings is 1. The zero-order chi connectivity index (χ0) is 14.6. The average molecular weight is 296 g/mol. The van der Waals surface area contributed by atoms with E-state index in [0.29, 0.717) is 17.5 Å². The van der Waals surface area contributed by atoms with E-state index in [2.05, 4.69) is 0 Å². The molecule has 7 heteroatoms. The second-order valence-corrected chi connectivity index (χ2v) is 5.29. The molecule has 1 heterocycles. The minimum atomic E-state index is -0.966. The van der Waals surface area contributed by atoms with E-state index in [-0.39, 0.29) is 16.4 Å². The number of carboxylic acids is 1. The Labute approximate surface area is 117 Å². The van der Waals surface area contributed by atoms with E-state index in [1.807, 2.05) is 0 Å². The molecule has 1 aromatic heterocycles. The summed E-state index contributed by atoms with van der Waals surface area (Å²) in [6, 6.07) is 2.91. The summed E-state index contributed by atoms with van der Waals surface area (Å²) >= 11 is 6.00. The number of carboxylic acid groups (broad SMARTS) is 1. The van der Waals surface area contributed by atoms with Crippen LogP contribution in [0.2, 0.25) is 5.02 Å². The molecule has 0 aliphatic heterocycles. The standard InChI is InChI=1S/C13H10ClNO5/c1-15-9-3-5(2-8(14)11(9)20-13(15)19)10(16)6-4-7(6)12(17)18/h2-3,6-7H,4H2,1H3,(H,17,18)/t6-,7?/m0/s1. The van der Waals surface area contributed by atoms with Gasteiger partial charge in [0.05, 0.1) is 16.5 Å². The molecule has 1 saturated carbocycles. The average Bonchev–Trinajstić information content (AvgIpc) is 3.14. The molecule has 6 nitrogen and oxygen atoms in total. The van der Waals surface area contributed by atoms with E-state index >= 15 is 0 Å². The number of benzene rings is 1. The van der Waals surface area contributed by atoms with Gasteiger partial charge in [0.15, 0.2) is 11.4 Å². The zero-order valence-electron chi connectivity index (χ0n) is 10.4. The van der Waals surface area contributed by atoms with Crippen molar-refractivity contribution in [1.82, 2.24) is 4.57 Å². The number of rotatable bonds is 3.